The zero-order valence-corrected chi connectivity index (χ0v) is 11.3. The Morgan fingerprint density at radius 1 is 1.32 bits per heavy atom. The number of hydrogen-bond donors (Lipinski definition) is 2. The number of nitrogens with one attached hydrogen (secondary N) is 2. The molecule has 5 nitrogen and oxygen atoms in total. The first-order valence-corrected chi connectivity index (χ1v) is 6.97. The van der Waals surface area contributed by atoms with Crippen LogP contribution in [-0.2, 0) is 0 Å². The van der Waals surface area contributed by atoms with Gasteiger partial charge in [0, 0.05) is 13.1 Å². The van der Waals surface area contributed by atoms with Gasteiger partial charge in [0.15, 0.2) is 0 Å². The first kappa shape index (κ1) is 13.6. The van der Waals surface area contributed by atoms with Gasteiger partial charge in [-0.1, -0.05) is 18.9 Å². The summed E-state index contributed by atoms with van der Waals surface area (Å²) in [4.78, 5) is 10.9. The van der Waals surface area contributed by atoms with E-state index in [1.54, 1.807) is 12.1 Å². The molecule has 0 aliphatic heterocycles. The average Bonchev–Trinajstić information content (AvgIpc) is 3.19. The summed E-state index contributed by atoms with van der Waals surface area (Å²) in [6.07, 6.45) is 5.02. The smallest absolute Gasteiger partial charge is 0.315 e. The van der Waals surface area contributed by atoms with Crippen LogP contribution in [0.25, 0.3) is 0 Å². The molecular weight excluding hydrogens is 242 g/mol. The first-order chi connectivity index (χ1) is 9.22. The third kappa shape index (κ3) is 3.84. The van der Waals surface area contributed by atoms with Crippen molar-refractivity contribution in [1.29, 1.82) is 0 Å². The van der Waals surface area contributed by atoms with Crippen molar-refractivity contribution in [3.8, 4) is 0 Å². The highest BCUT2D eigenvalue weighted by molar-refractivity contribution is 5.76. The zero-order chi connectivity index (χ0) is 13.7. The highest BCUT2D eigenvalue weighted by Gasteiger charge is 2.21. The van der Waals surface area contributed by atoms with E-state index < -0.39 is 0 Å². The van der Waals surface area contributed by atoms with E-state index in [2.05, 4.69) is 10.6 Å². The van der Waals surface area contributed by atoms with Crippen molar-refractivity contribution < 1.29 is 4.92 Å². The summed E-state index contributed by atoms with van der Waals surface area (Å²) >= 11 is 0. The largest absolute Gasteiger partial charge is 0.380 e. The minimum absolute atomic E-state index is 0.149. The predicted molar refractivity (Wildman–Crippen MR) is 77.7 cm³/mol. The minimum Gasteiger partial charge on any atom is -0.380 e. The first-order valence-electron chi connectivity index (χ1n) is 6.97. The Labute approximate surface area is 113 Å². The molecule has 1 aromatic carbocycles. The molecule has 1 saturated carbocycles. The predicted octanol–water partition coefficient (Wildman–Crippen LogP) is 3.63. The lowest BCUT2D eigenvalue weighted by molar-refractivity contribution is -0.383. The van der Waals surface area contributed by atoms with Crippen molar-refractivity contribution in [3.05, 3.63) is 28.3 Å². The lowest BCUT2D eigenvalue weighted by Crippen LogP contribution is -2.07. The van der Waals surface area contributed by atoms with Gasteiger partial charge in [-0.15, -0.1) is 0 Å². The lowest BCUT2D eigenvalue weighted by atomic mass is 10.2. The third-order valence-electron chi connectivity index (χ3n) is 3.39. The molecule has 1 aliphatic carbocycles. The molecule has 1 fully saturated rings. The molecule has 0 spiro atoms. The van der Waals surface area contributed by atoms with Crippen LogP contribution < -0.4 is 10.6 Å². The Kier molecular flexibility index (Phi) is 4.60. The maximum Gasteiger partial charge on any atom is 0.315 e. The molecule has 2 N–H and O–H groups in total. The average molecular weight is 263 g/mol. The number of nitro groups is 1. The standard InChI is InChI=1S/C14H21N3O2/c1-2-15-12-6-3-7-13(14(12)17(18)19)16-10-4-5-11-8-9-11/h3,6-7,11,15-16H,2,4-5,8-10H2,1H3. The summed E-state index contributed by atoms with van der Waals surface area (Å²) in [7, 11) is 0. The molecule has 1 aliphatic rings. The van der Waals surface area contributed by atoms with Crippen LogP contribution in [0.3, 0.4) is 0 Å². The van der Waals surface area contributed by atoms with Gasteiger partial charge in [-0.05, 0) is 37.8 Å². The highest BCUT2D eigenvalue weighted by Crippen LogP contribution is 2.34. The van der Waals surface area contributed by atoms with Crippen molar-refractivity contribution in [2.24, 2.45) is 5.92 Å². The summed E-state index contributed by atoms with van der Waals surface area (Å²) in [6, 6.07) is 5.36. The van der Waals surface area contributed by atoms with E-state index in [-0.39, 0.29) is 10.6 Å². The number of hydrogen-bond acceptors (Lipinski definition) is 4. The van der Waals surface area contributed by atoms with Crippen LogP contribution in [0.1, 0.15) is 32.6 Å². The molecule has 2 rings (SSSR count). The summed E-state index contributed by atoms with van der Waals surface area (Å²) in [6.45, 7) is 3.40. The minimum atomic E-state index is -0.318. The van der Waals surface area contributed by atoms with E-state index in [4.69, 9.17) is 0 Å². The Morgan fingerprint density at radius 2 is 2.00 bits per heavy atom. The van der Waals surface area contributed by atoms with Gasteiger partial charge in [-0.2, -0.15) is 0 Å². The Morgan fingerprint density at radius 3 is 2.58 bits per heavy atom. The van der Waals surface area contributed by atoms with Crippen molar-refractivity contribution in [2.45, 2.75) is 32.6 Å². The maximum atomic E-state index is 11.2. The fraction of sp³-hybridized carbons (Fsp3) is 0.571. The molecule has 0 heterocycles. The molecule has 0 bridgehead atoms. The van der Waals surface area contributed by atoms with Gasteiger partial charge in [0.25, 0.3) is 0 Å². The maximum absolute atomic E-state index is 11.2. The number of benzene rings is 1. The monoisotopic (exact) mass is 263 g/mol. The van der Waals surface area contributed by atoms with Gasteiger partial charge in [0.2, 0.25) is 0 Å². The van der Waals surface area contributed by atoms with Crippen LogP contribution in [-0.4, -0.2) is 18.0 Å². The van der Waals surface area contributed by atoms with Crippen LogP contribution in [0, 0.1) is 16.0 Å². The number of nitro benzene ring substituents is 1. The van der Waals surface area contributed by atoms with Gasteiger partial charge in [-0.3, -0.25) is 10.1 Å². The van der Waals surface area contributed by atoms with Crippen molar-refractivity contribution in [1.82, 2.24) is 0 Å². The summed E-state index contributed by atoms with van der Waals surface area (Å²) < 4.78 is 0. The van der Waals surface area contributed by atoms with E-state index in [0.29, 0.717) is 17.9 Å². The van der Waals surface area contributed by atoms with Gasteiger partial charge in [-0.25, -0.2) is 0 Å². The molecule has 0 saturated heterocycles. The number of nitrogens with zero attached hydrogens (tertiary/aromatic N) is 1. The van der Waals surface area contributed by atoms with E-state index >= 15 is 0 Å². The Bertz CT molecular complexity index is 444. The topological polar surface area (TPSA) is 67.2 Å². The van der Waals surface area contributed by atoms with Crippen LogP contribution in [0.15, 0.2) is 18.2 Å². The molecule has 5 heteroatoms. The quantitative estimate of drug-likeness (QED) is 0.427. The number of rotatable bonds is 8. The molecule has 0 radical (unpaired) electrons. The summed E-state index contributed by atoms with van der Waals surface area (Å²) in [5, 5.41) is 17.4. The lowest BCUT2D eigenvalue weighted by Gasteiger charge is -2.10. The van der Waals surface area contributed by atoms with Crippen LogP contribution >= 0.6 is 0 Å². The van der Waals surface area contributed by atoms with Gasteiger partial charge < -0.3 is 10.6 Å². The van der Waals surface area contributed by atoms with Gasteiger partial charge in [0.1, 0.15) is 11.4 Å². The molecule has 1 aromatic rings. The second-order valence-electron chi connectivity index (χ2n) is 5.00. The van der Waals surface area contributed by atoms with Crippen molar-refractivity contribution >= 4 is 17.1 Å². The molecule has 0 atom stereocenters. The molecule has 0 unspecified atom stereocenters. The second kappa shape index (κ2) is 6.41. The van der Waals surface area contributed by atoms with Crippen LogP contribution in [0.5, 0.6) is 0 Å². The van der Waals surface area contributed by atoms with E-state index in [0.717, 1.165) is 18.9 Å². The number of anilines is 2. The molecule has 104 valence electrons. The fourth-order valence-corrected chi connectivity index (χ4v) is 2.24. The van der Waals surface area contributed by atoms with E-state index in [1.807, 2.05) is 13.0 Å². The van der Waals surface area contributed by atoms with E-state index in [1.165, 1.54) is 19.3 Å². The van der Waals surface area contributed by atoms with Gasteiger partial charge in [0.05, 0.1) is 4.92 Å². The second-order valence-corrected chi connectivity index (χ2v) is 5.00. The number of para-hydroxylation sites is 1. The Hall–Kier alpha value is -1.78. The molecular formula is C14H21N3O2. The Balaban J connectivity index is 2.00. The third-order valence-corrected chi connectivity index (χ3v) is 3.39. The van der Waals surface area contributed by atoms with Gasteiger partial charge >= 0.3 is 5.69 Å². The normalized spacial score (nSPS) is 14.2. The van der Waals surface area contributed by atoms with Crippen LogP contribution in [0.4, 0.5) is 17.1 Å². The molecule has 0 amide bonds. The summed E-state index contributed by atoms with van der Waals surface area (Å²) in [5.41, 5.74) is 1.34. The van der Waals surface area contributed by atoms with Crippen LogP contribution in [0.2, 0.25) is 0 Å². The molecule has 0 aromatic heterocycles. The van der Waals surface area contributed by atoms with Crippen molar-refractivity contribution in [2.75, 3.05) is 23.7 Å². The molecule has 19 heavy (non-hydrogen) atoms. The fourth-order valence-electron chi connectivity index (χ4n) is 2.24. The zero-order valence-electron chi connectivity index (χ0n) is 11.3. The van der Waals surface area contributed by atoms with E-state index in [9.17, 15) is 10.1 Å². The highest BCUT2D eigenvalue weighted by atomic mass is 16.6. The summed E-state index contributed by atoms with van der Waals surface area (Å²) in [5.74, 6) is 0.907. The van der Waals surface area contributed by atoms with Crippen molar-refractivity contribution in [3.63, 3.8) is 0 Å². The SMILES string of the molecule is CCNc1cccc(NCCCC2CC2)c1[N+](=O)[O-].